The van der Waals surface area contributed by atoms with Crippen LogP contribution in [0.5, 0.6) is 11.5 Å². The Kier molecular flexibility index (Phi) is 5.53. The number of piperidine rings is 1. The van der Waals surface area contributed by atoms with Gasteiger partial charge in [-0.05, 0) is 56.6 Å². The first-order chi connectivity index (χ1) is 11.3. The van der Waals surface area contributed by atoms with Gasteiger partial charge in [0, 0.05) is 30.9 Å². The van der Waals surface area contributed by atoms with Gasteiger partial charge in [-0.1, -0.05) is 0 Å². The van der Waals surface area contributed by atoms with E-state index in [1.807, 2.05) is 37.4 Å². The summed E-state index contributed by atoms with van der Waals surface area (Å²) in [6.45, 7) is 6.57. The van der Waals surface area contributed by atoms with Gasteiger partial charge >= 0.3 is 0 Å². The van der Waals surface area contributed by atoms with Crippen molar-refractivity contribution in [2.45, 2.75) is 25.7 Å². The molecule has 1 atom stereocenters. The van der Waals surface area contributed by atoms with Gasteiger partial charge in [-0.15, -0.1) is 0 Å². The van der Waals surface area contributed by atoms with Crippen LogP contribution in [0.4, 0.5) is 0 Å². The fraction of sp³-hybridized carbons (Fsp3) is 0.500. The summed E-state index contributed by atoms with van der Waals surface area (Å²) in [6.07, 6.45) is 4.30. The number of benzene rings is 1. The lowest BCUT2D eigenvalue weighted by atomic mass is 9.95. The van der Waals surface area contributed by atoms with Crippen LogP contribution in [-0.4, -0.2) is 47.9 Å². The van der Waals surface area contributed by atoms with Gasteiger partial charge in [0.15, 0.2) is 0 Å². The minimum absolute atomic E-state index is 0.566. The minimum Gasteiger partial charge on any atom is -0.494 e. The van der Waals surface area contributed by atoms with E-state index in [2.05, 4.69) is 21.2 Å². The van der Waals surface area contributed by atoms with Crippen LogP contribution in [0.1, 0.15) is 31.4 Å². The Balaban J connectivity index is 1.43. The molecule has 1 unspecified atom stereocenters. The molecule has 1 fully saturated rings. The zero-order valence-corrected chi connectivity index (χ0v) is 13.7. The molecule has 0 bridgehead atoms. The van der Waals surface area contributed by atoms with E-state index >= 15 is 0 Å². The second-order valence-corrected chi connectivity index (χ2v) is 5.90. The fourth-order valence-corrected chi connectivity index (χ4v) is 3.10. The molecule has 1 N–H and O–H groups in total. The van der Waals surface area contributed by atoms with Crippen molar-refractivity contribution in [3.8, 4) is 11.5 Å². The van der Waals surface area contributed by atoms with Crippen molar-refractivity contribution in [2.24, 2.45) is 0 Å². The summed E-state index contributed by atoms with van der Waals surface area (Å²) >= 11 is 0. The summed E-state index contributed by atoms with van der Waals surface area (Å²) in [4.78, 5) is 2.48. The van der Waals surface area contributed by atoms with Gasteiger partial charge in [0.2, 0.25) is 0 Å². The molecule has 1 aliphatic rings. The number of rotatable bonds is 7. The number of nitrogens with zero attached hydrogens (tertiary/aromatic N) is 2. The highest BCUT2D eigenvalue weighted by Crippen LogP contribution is 2.25. The number of aromatic amines is 1. The van der Waals surface area contributed by atoms with Crippen LogP contribution in [0.2, 0.25) is 0 Å². The van der Waals surface area contributed by atoms with Gasteiger partial charge in [0.05, 0.1) is 6.61 Å². The van der Waals surface area contributed by atoms with Crippen LogP contribution in [0.25, 0.3) is 0 Å². The average molecular weight is 315 g/mol. The number of likely N-dealkylation sites (tertiary alicyclic amines) is 1. The molecule has 0 radical (unpaired) electrons. The summed E-state index contributed by atoms with van der Waals surface area (Å²) in [5.41, 5.74) is 1.25. The van der Waals surface area contributed by atoms with Crippen molar-refractivity contribution < 1.29 is 9.47 Å². The largest absolute Gasteiger partial charge is 0.494 e. The molecule has 1 aromatic heterocycles. The van der Waals surface area contributed by atoms with Gasteiger partial charge in [-0.3, -0.25) is 10.00 Å². The number of aromatic nitrogens is 2. The lowest BCUT2D eigenvalue weighted by Crippen LogP contribution is -2.37. The van der Waals surface area contributed by atoms with Gasteiger partial charge in [-0.25, -0.2) is 0 Å². The highest BCUT2D eigenvalue weighted by Gasteiger charge is 2.21. The topological polar surface area (TPSA) is 50.4 Å². The summed E-state index contributed by atoms with van der Waals surface area (Å²) in [5.74, 6) is 2.35. The van der Waals surface area contributed by atoms with Gasteiger partial charge in [-0.2, -0.15) is 5.10 Å². The number of hydrogen-bond donors (Lipinski definition) is 1. The van der Waals surface area contributed by atoms with E-state index in [4.69, 9.17) is 9.47 Å². The first-order valence-electron chi connectivity index (χ1n) is 8.42. The highest BCUT2D eigenvalue weighted by molar-refractivity contribution is 5.31. The molecule has 124 valence electrons. The second-order valence-electron chi connectivity index (χ2n) is 5.90. The molecule has 1 aromatic carbocycles. The van der Waals surface area contributed by atoms with E-state index in [0.29, 0.717) is 19.1 Å². The molecule has 2 heterocycles. The van der Waals surface area contributed by atoms with Crippen LogP contribution in [0.3, 0.4) is 0 Å². The Labute approximate surface area is 137 Å². The van der Waals surface area contributed by atoms with E-state index in [1.165, 1.54) is 18.5 Å². The third-order valence-electron chi connectivity index (χ3n) is 4.28. The van der Waals surface area contributed by atoms with E-state index < -0.39 is 0 Å². The zero-order chi connectivity index (χ0) is 15.9. The van der Waals surface area contributed by atoms with E-state index in [9.17, 15) is 0 Å². The Bertz CT molecular complexity index is 568. The lowest BCUT2D eigenvalue weighted by Gasteiger charge is -2.32. The molecule has 23 heavy (non-hydrogen) atoms. The SMILES string of the molecule is CCOc1ccc(OCCN2CCCC(c3ccn[nH]3)C2)cc1. The maximum absolute atomic E-state index is 5.85. The highest BCUT2D eigenvalue weighted by atomic mass is 16.5. The van der Waals surface area contributed by atoms with E-state index in [0.717, 1.165) is 31.1 Å². The number of nitrogens with one attached hydrogen (secondary N) is 1. The Morgan fingerprint density at radius 1 is 1.17 bits per heavy atom. The Hall–Kier alpha value is -2.01. The van der Waals surface area contributed by atoms with Crippen molar-refractivity contribution in [3.63, 3.8) is 0 Å². The van der Waals surface area contributed by atoms with Crippen LogP contribution in [0, 0.1) is 0 Å². The molecule has 3 rings (SSSR count). The summed E-state index contributed by atoms with van der Waals surface area (Å²) in [7, 11) is 0. The number of H-pyrrole nitrogens is 1. The standard InChI is InChI=1S/C18H25N3O2/c1-2-22-16-5-7-17(8-6-16)23-13-12-21-11-3-4-15(14-21)18-9-10-19-20-18/h5-10,15H,2-4,11-14H2,1H3,(H,19,20). The summed E-state index contributed by atoms with van der Waals surface area (Å²) < 4.78 is 11.3. The molecule has 1 aliphatic heterocycles. The van der Waals surface area contributed by atoms with Gasteiger partial charge < -0.3 is 9.47 Å². The molecule has 0 amide bonds. The van der Waals surface area contributed by atoms with Gasteiger partial charge in [0.1, 0.15) is 18.1 Å². The molecule has 2 aromatic rings. The molecule has 5 nitrogen and oxygen atoms in total. The van der Waals surface area contributed by atoms with Gasteiger partial charge in [0.25, 0.3) is 0 Å². The second kappa shape index (κ2) is 8.02. The minimum atomic E-state index is 0.566. The molecule has 0 saturated carbocycles. The van der Waals surface area contributed by atoms with Crippen molar-refractivity contribution in [3.05, 3.63) is 42.2 Å². The molecule has 0 spiro atoms. The molecule has 5 heteroatoms. The number of ether oxygens (including phenoxy) is 2. The fourth-order valence-electron chi connectivity index (χ4n) is 3.10. The first-order valence-corrected chi connectivity index (χ1v) is 8.42. The average Bonchev–Trinajstić information content (AvgIpc) is 3.12. The maximum atomic E-state index is 5.85. The van der Waals surface area contributed by atoms with Crippen LogP contribution in [0.15, 0.2) is 36.5 Å². The first kappa shape index (κ1) is 15.9. The van der Waals surface area contributed by atoms with E-state index in [-0.39, 0.29) is 0 Å². The molecular weight excluding hydrogens is 290 g/mol. The lowest BCUT2D eigenvalue weighted by molar-refractivity contribution is 0.169. The van der Waals surface area contributed by atoms with Crippen LogP contribution >= 0.6 is 0 Å². The quantitative estimate of drug-likeness (QED) is 0.853. The molecular formula is C18H25N3O2. The van der Waals surface area contributed by atoms with Crippen LogP contribution < -0.4 is 9.47 Å². The molecule has 1 saturated heterocycles. The summed E-state index contributed by atoms with van der Waals surface area (Å²) in [5, 5.41) is 7.17. The van der Waals surface area contributed by atoms with Crippen molar-refractivity contribution in [2.75, 3.05) is 32.8 Å². The predicted octanol–water partition coefficient (Wildman–Crippen LogP) is 3.07. The predicted molar refractivity (Wildman–Crippen MR) is 90.1 cm³/mol. The zero-order valence-electron chi connectivity index (χ0n) is 13.7. The monoisotopic (exact) mass is 315 g/mol. The Morgan fingerprint density at radius 2 is 1.96 bits per heavy atom. The third-order valence-corrected chi connectivity index (χ3v) is 4.28. The normalized spacial score (nSPS) is 18.7. The van der Waals surface area contributed by atoms with Crippen molar-refractivity contribution in [1.82, 2.24) is 15.1 Å². The molecule has 0 aliphatic carbocycles. The van der Waals surface area contributed by atoms with Crippen molar-refractivity contribution >= 4 is 0 Å². The summed E-state index contributed by atoms with van der Waals surface area (Å²) in [6, 6.07) is 9.93. The van der Waals surface area contributed by atoms with Crippen LogP contribution in [-0.2, 0) is 0 Å². The maximum Gasteiger partial charge on any atom is 0.119 e. The third kappa shape index (κ3) is 4.48. The van der Waals surface area contributed by atoms with E-state index in [1.54, 1.807) is 0 Å². The number of hydrogen-bond acceptors (Lipinski definition) is 4. The smallest absolute Gasteiger partial charge is 0.119 e. The van der Waals surface area contributed by atoms with Crippen molar-refractivity contribution in [1.29, 1.82) is 0 Å². The Morgan fingerprint density at radius 3 is 2.65 bits per heavy atom.